The first-order valence-corrected chi connectivity index (χ1v) is 29.4. The van der Waals surface area contributed by atoms with Crippen LogP contribution in [0, 0.1) is 62.0 Å². The number of nitriles is 2. The van der Waals surface area contributed by atoms with Gasteiger partial charge >= 0.3 is 0 Å². The SMILES string of the molecule is C.Cc1cccc(C(=O)Nc2ccc(F)c(N(C)c3cncnc3)c2)n1.Cc1ccnc(C(=O)Nc2cc(C#N)cc(Oc3cncnc3)c2)c1.Cc1ccnc(C(=O)Nc2cc(C#N)cc(Oc3cncnc3)c2)c1.Cc1ccnc(C(=O)Nc2cc(F)cc(Oc3cncnc3)c2)c1. The van der Waals surface area contributed by atoms with Gasteiger partial charge in [-0.2, -0.15) is 10.5 Å². The van der Waals surface area contributed by atoms with Gasteiger partial charge in [-0.05, 0) is 141 Å². The Labute approximate surface area is 571 Å². The molecule has 26 nitrogen and oxygen atoms in total. The molecule has 0 spiro atoms. The van der Waals surface area contributed by atoms with E-state index in [4.69, 9.17) is 14.2 Å². The first kappa shape index (κ1) is 71.6. The summed E-state index contributed by atoms with van der Waals surface area (Å²) in [5, 5.41) is 29.1. The normalized spacial score (nSPS) is 10.0. The Morgan fingerprint density at radius 2 is 0.800 bits per heavy atom. The molecule has 8 aromatic heterocycles. The van der Waals surface area contributed by atoms with Gasteiger partial charge in [0.25, 0.3) is 23.6 Å². The molecule has 0 saturated heterocycles. The zero-order valence-corrected chi connectivity index (χ0v) is 53.1. The highest BCUT2D eigenvalue weighted by Gasteiger charge is 2.17. The molecule has 498 valence electrons. The van der Waals surface area contributed by atoms with E-state index in [0.29, 0.717) is 85.4 Å². The largest absolute Gasteiger partial charge is 0.454 e. The zero-order chi connectivity index (χ0) is 70.0. The lowest BCUT2D eigenvalue weighted by Crippen LogP contribution is -2.16. The van der Waals surface area contributed by atoms with Gasteiger partial charge in [0, 0.05) is 78.3 Å². The van der Waals surface area contributed by atoms with Crippen molar-refractivity contribution >= 4 is 57.8 Å². The minimum Gasteiger partial charge on any atom is -0.454 e. The topological polar surface area (TPSA) is 350 Å². The monoisotopic (exact) mass is 1340 g/mol. The number of carbonyl (C=O) groups is 4. The summed E-state index contributed by atoms with van der Waals surface area (Å²) >= 11 is 0. The van der Waals surface area contributed by atoms with Gasteiger partial charge in [-0.25, -0.2) is 53.6 Å². The summed E-state index contributed by atoms with van der Waals surface area (Å²) in [6, 6.07) is 37.4. The second-order valence-electron chi connectivity index (χ2n) is 20.9. The van der Waals surface area contributed by atoms with Crippen molar-refractivity contribution in [1.82, 2.24) is 59.8 Å². The van der Waals surface area contributed by atoms with Crippen LogP contribution in [0.15, 0.2) is 221 Å². The number of carbonyl (C=O) groups excluding carboxylic acids is 4. The van der Waals surface area contributed by atoms with Crippen LogP contribution in [0.4, 0.5) is 42.9 Å². The van der Waals surface area contributed by atoms with Crippen molar-refractivity contribution in [1.29, 1.82) is 10.5 Å². The third kappa shape index (κ3) is 21.6. The summed E-state index contributed by atoms with van der Waals surface area (Å²) in [6.45, 7) is 7.42. The molecule has 4 N–H and O–H groups in total. The Bertz CT molecular complexity index is 4750. The van der Waals surface area contributed by atoms with E-state index in [1.807, 2.05) is 45.9 Å². The van der Waals surface area contributed by atoms with Crippen LogP contribution in [0.3, 0.4) is 0 Å². The number of rotatable bonds is 16. The van der Waals surface area contributed by atoms with Crippen molar-refractivity contribution in [2.75, 3.05) is 33.2 Å². The number of ether oxygens (including phenoxy) is 3. The number of aryl methyl sites for hydroxylation is 4. The van der Waals surface area contributed by atoms with Crippen molar-refractivity contribution in [3.8, 4) is 46.6 Å². The molecule has 8 heterocycles. The fourth-order valence-electron chi connectivity index (χ4n) is 8.59. The molecule has 100 heavy (non-hydrogen) atoms. The minimum absolute atomic E-state index is 0. The highest BCUT2D eigenvalue weighted by Crippen LogP contribution is 2.31. The lowest BCUT2D eigenvalue weighted by atomic mass is 10.2. The molecule has 0 aliphatic rings. The number of aromatic nitrogens is 12. The van der Waals surface area contributed by atoms with Gasteiger partial charge in [-0.3, -0.25) is 34.1 Å². The second-order valence-corrected chi connectivity index (χ2v) is 20.9. The molecular weight excluding hydrogens is 1280 g/mol. The first-order valence-electron chi connectivity index (χ1n) is 29.4. The van der Waals surface area contributed by atoms with Crippen molar-refractivity contribution in [2.45, 2.75) is 35.1 Å². The molecule has 4 amide bonds. The number of pyridine rings is 4. The quantitative estimate of drug-likeness (QED) is 0.0698. The summed E-state index contributed by atoms with van der Waals surface area (Å²) in [5.74, 6) is -0.271. The second kappa shape index (κ2) is 35.3. The van der Waals surface area contributed by atoms with Gasteiger partial charge < -0.3 is 40.4 Å². The van der Waals surface area contributed by atoms with Crippen LogP contribution in [-0.2, 0) is 0 Å². The van der Waals surface area contributed by atoms with Crippen LogP contribution < -0.4 is 40.4 Å². The average Bonchev–Trinajstić information content (AvgIpc) is 0.834. The minimum atomic E-state index is -0.545. The van der Waals surface area contributed by atoms with Gasteiger partial charge in [0.2, 0.25) is 0 Å². The molecule has 0 fully saturated rings. The lowest BCUT2D eigenvalue weighted by molar-refractivity contribution is 0.101. The average molecular weight is 1340 g/mol. The fourth-order valence-corrected chi connectivity index (χ4v) is 8.59. The van der Waals surface area contributed by atoms with E-state index in [2.05, 4.69) is 81.1 Å². The first-order chi connectivity index (χ1) is 47.9. The van der Waals surface area contributed by atoms with E-state index < -0.39 is 17.5 Å². The van der Waals surface area contributed by atoms with Gasteiger partial charge in [0.05, 0.1) is 84.2 Å². The maximum Gasteiger partial charge on any atom is 0.274 e. The highest BCUT2D eigenvalue weighted by atomic mass is 19.1. The summed E-state index contributed by atoms with van der Waals surface area (Å²) in [5.41, 5.74) is 7.86. The van der Waals surface area contributed by atoms with Crippen molar-refractivity contribution in [2.24, 2.45) is 0 Å². The lowest BCUT2D eigenvalue weighted by Gasteiger charge is -2.20. The third-order valence-electron chi connectivity index (χ3n) is 13.1. The van der Waals surface area contributed by atoms with E-state index in [1.165, 1.54) is 92.8 Å². The molecule has 4 aromatic carbocycles. The maximum atomic E-state index is 14.2. The van der Waals surface area contributed by atoms with Crippen LogP contribution in [0.5, 0.6) is 34.5 Å². The van der Waals surface area contributed by atoms with Crippen molar-refractivity contribution in [3.63, 3.8) is 0 Å². The van der Waals surface area contributed by atoms with E-state index in [1.54, 1.807) is 134 Å². The summed E-state index contributed by atoms with van der Waals surface area (Å²) in [6.07, 6.45) is 22.3. The van der Waals surface area contributed by atoms with Crippen LogP contribution in [0.25, 0.3) is 0 Å². The molecule has 0 radical (unpaired) electrons. The number of anilines is 6. The molecular formula is C72H59F2N19O7. The smallest absolute Gasteiger partial charge is 0.274 e. The van der Waals surface area contributed by atoms with Crippen LogP contribution in [0.1, 0.15) is 82.9 Å². The third-order valence-corrected chi connectivity index (χ3v) is 13.1. The number of benzene rings is 4. The molecule has 0 aliphatic heterocycles. The summed E-state index contributed by atoms with van der Waals surface area (Å²) in [4.78, 5) is 97.9. The predicted molar refractivity (Wildman–Crippen MR) is 366 cm³/mol. The molecule has 12 aromatic rings. The number of hydrogen-bond donors (Lipinski definition) is 4. The van der Waals surface area contributed by atoms with Crippen molar-refractivity contribution in [3.05, 3.63) is 289 Å². The van der Waals surface area contributed by atoms with Crippen molar-refractivity contribution < 1.29 is 42.2 Å². The molecule has 0 saturated carbocycles. The van der Waals surface area contributed by atoms with Gasteiger partial charge in [-0.15, -0.1) is 0 Å². The molecule has 0 bridgehead atoms. The fraction of sp³-hybridized carbons (Fsp3) is 0.0833. The Morgan fingerprint density at radius 1 is 0.420 bits per heavy atom. The van der Waals surface area contributed by atoms with E-state index in [-0.39, 0.29) is 42.3 Å². The standard InChI is InChI=1S/C18H16FN5O.2C18H13N5O2.C17H13FN4O2.CH4/c1-12-4-3-5-16(22-12)18(25)23-13-6-7-15(19)17(8-13)24(2)14-9-20-11-21-10-14;2*1-12-2-3-22-17(4-12)18(24)23-14-5-13(8-19)6-15(7-14)25-16-9-20-11-21-10-16;1-11-2-3-21-16(4-11)17(23)22-13-5-12(18)6-14(7-13)24-15-8-19-10-20-9-15;/h3-11H,1-2H3,(H,23,25);2*2-7,9-11H,1H3,(H,23,24);2-10H,1H3,(H,22,23);1H4. The van der Waals surface area contributed by atoms with Gasteiger partial charge in [0.1, 0.15) is 77.0 Å². The summed E-state index contributed by atoms with van der Waals surface area (Å²) in [7, 11) is 1.70. The van der Waals surface area contributed by atoms with Crippen LogP contribution in [-0.4, -0.2) is 90.5 Å². The highest BCUT2D eigenvalue weighted by molar-refractivity contribution is 6.05. The van der Waals surface area contributed by atoms with Crippen LogP contribution in [0.2, 0.25) is 0 Å². The van der Waals surface area contributed by atoms with E-state index in [0.717, 1.165) is 22.4 Å². The van der Waals surface area contributed by atoms with E-state index >= 15 is 0 Å². The van der Waals surface area contributed by atoms with E-state index in [9.17, 15) is 38.5 Å². The number of nitrogens with zero attached hydrogens (tertiary/aromatic N) is 15. The Kier molecular flexibility index (Phi) is 25.3. The number of hydrogen-bond acceptors (Lipinski definition) is 22. The number of halogens is 2. The molecule has 0 atom stereocenters. The van der Waals surface area contributed by atoms with Crippen LogP contribution >= 0.6 is 0 Å². The van der Waals surface area contributed by atoms with Gasteiger partial charge in [-0.1, -0.05) is 13.5 Å². The zero-order valence-electron chi connectivity index (χ0n) is 53.1. The summed E-state index contributed by atoms with van der Waals surface area (Å²) < 4.78 is 44.7. The maximum absolute atomic E-state index is 14.2. The Hall–Kier alpha value is -14.3. The Balaban J connectivity index is 0.000000169. The predicted octanol–water partition coefficient (Wildman–Crippen LogP) is 13.5. The van der Waals surface area contributed by atoms with Gasteiger partial charge in [0.15, 0.2) is 17.2 Å². The molecule has 28 heteroatoms. The number of amides is 4. The number of nitrogens with one attached hydrogen (secondary N) is 4. The molecule has 0 aliphatic carbocycles. The molecule has 12 rings (SSSR count). The molecule has 0 unspecified atom stereocenters. The Morgan fingerprint density at radius 3 is 1.20 bits per heavy atom.